The van der Waals surface area contributed by atoms with Crippen molar-refractivity contribution in [3.63, 3.8) is 0 Å². The minimum absolute atomic E-state index is 0.159. The monoisotopic (exact) mass is 232 g/mol. The molecule has 0 radical (unpaired) electrons. The topological polar surface area (TPSA) is 89.9 Å². The van der Waals surface area contributed by atoms with Crippen LogP contribution in [0.5, 0.6) is 0 Å². The number of urea groups is 1. The molecule has 94 valence electrons. The van der Waals surface area contributed by atoms with E-state index in [9.17, 15) is 9.59 Å². The molecule has 0 aliphatic rings. The van der Waals surface area contributed by atoms with Crippen LogP contribution in [0.1, 0.15) is 26.2 Å². The third-order valence-corrected chi connectivity index (χ3v) is 2.21. The van der Waals surface area contributed by atoms with Gasteiger partial charge in [-0.25, -0.2) is 4.79 Å². The number of aliphatic hydroxyl groups excluding tert-OH is 1. The molecule has 0 fully saturated rings. The normalized spacial score (nSPS) is 11.9. The van der Waals surface area contributed by atoms with Crippen molar-refractivity contribution in [3.8, 4) is 0 Å². The molecular weight excluding hydrogens is 212 g/mol. The van der Waals surface area contributed by atoms with Crippen LogP contribution in [-0.4, -0.2) is 53.4 Å². The molecule has 0 heterocycles. The van der Waals surface area contributed by atoms with Gasteiger partial charge in [-0.1, -0.05) is 0 Å². The summed E-state index contributed by atoms with van der Waals surface area (Å²) in [4.78, 5) is 23.4. The van der Waals surface area contributed by atoms with E-state index in [1.165, 1.54) is 11.8 Å². The zero-order chi connectivity index (χ0) is 12.6. The van der Waals surface area contributed by atoms with Crippen molar-refractivity contribution in [1.82, 2.24) is 10.2 Å². The van der Waals surface area contributed by atoms with Crippen LogP contribution in [0.2, 0.25) is 0 Å². The number of nitrogens with one attached hydrogen (secondary N) is 1. The first-order valence-electron chi connectivity index (χ1n) is 5.34. The number of carboxylic acid groups (broad SMARTS) is 1. The minimum Gasteiger partial charge on any atom is -0.480 e. The summed E-state index contributed by atoms with van der Waals surface area (Å²) in [6, 6.07) is -1.27. The second kappa shape index (κ2) is 7.92. The van der Waals surface area contributed by atoms with Crippen LogP contribution in [0.15, 0.2) is 0 Å². The highest BCUT2D eigenvalue weighted by atomic mass is 16.4. The van der Waals surface area contributed by atoms with Gasteiger partial charge in [-0.2, -0.15) is 0 Å². The first kappa shape index (κ1) is 14.7. The predicted molar refractivity (Wildman–Crippen MR) is 59.2 cm³/mol. The molecule has 2 amide bonds. The summed E-state index contributed by atoms with van der Waals surface area (Å²) in [5.74, 6) is -1.05. The lowest BCUT2D eigenvalue weighted by Gasteiger charge is -2.19. The summed E-state index contributed by atoms with van der Waals surface area (Å²) in [5.41, 5.74) is 0. The Balaban J connectivity index is 3.77. The summed E-state index contributed by atoms with van der Waals surface area (Å²) in [6.07, 6.45) is 2.37. The fourth-order valence-corrected chi connectivity index (χ4v) is 1.10. The van der Waals surface area contributed by atoms with Gasteiger partial charge in [0.15, 0.2) is 0 Å². The van der Waals surface area contributed by atoms with Gasteiger partial charge in [0, 0.05) is 20.2 Å². The average Bonchev–Trinajstić information content (AvgIpc) is 2.23. The van der Waals surface area contributed by atoms with E-state index < -0.39 is 12.0 Å². The number of hydrogen-bond acceptors (Lipinski definition) is 3. The SMILES string of the molecule is CC(NC(=O)N(C)CCCCCO)C(=O)O. The van der Waals surface area contributed by atoms with Crippen LogP contribution < -0.4 is 5.32 Å². The third-order valence-electron chi connectivity index (χ3n) is 2.21. The lowest BCUT2D eigenvalue weighted by atomic mass is 10.2. The molecule has 0 aromatic rings. The number of hydrogen-bond donors (Lipinski definition) is 3. The third kappa shape index (κ3) is 6.23. The molecule has 1 unspecified atom stereocenters. The number of rotatable bonds is 7. The minimum atomic E-state index is -1.05. The number of carbonyl (C=O) groups is 2. The molecule has 0 aliphatic carbocycles. The Hall–Kier alpha value is -1.30. The maximum absolute atomic E-state index is 11.4. The maximum Gasteiger partial charge on any atom is 0.325 e. The second-order valence-corrected chi connectivity index (χ2v) is 3.72. The van der Waals surface area contributed by atoms with Crippen LogP contribution in [0.4, 0.5) is 4.79 Å². The number of aliphatic hydroxyl groups is 1. The molecule has 3 N–H and O–H groups in total. The Bertz CT molecular complexity index is 233. The molecule has 0 rings (SSSR count). The van der Waals surface area contributed by atoms with Crippen molar-refractivity contribution in [1.29, 1.82) is 0 Å². The summed E-state index contributed by atoms with van der Waals surface area (Å²) in [6.45, 7) is 2.13. The van der Waals surface area contributed by atoms with Gasteiger partial charge in [0.1, 0.15) is 6.04 Å². The Kier molecular flexibility index (Phi) is 7.28. The quantitative estimate of drug-likeness (QED) is 0.549. The number of carbonyl (C=O) groups excluding carboxylic acids is 1. The van der Waals surface area contributed by atoms with Gasteiger partial charge in [0.2, 0.25) is 0 Å². The summed E-state index contributed by atoms with van der Waals surface area (Å²) >= 11 is 0. The molecule has 0 aromatic heterocycles. The van der Waals surface area contributed by atoms with E-state index in [4.69, 9.17) is 10.2 Å². The van der Waals surface area contributed by atoms with Gasteiger partial charge < -0.3 is 20.4 Å². The lowest BCUT2D eigenvalue weighted by Crippen LogP contribution is -2.45. The van der Waals surface area contributed by atoms with E-state index in [2.05, 4.69) is 5.32 Å². The van der Waals surface area contributed by atoms with Gasteiger partial charge in [-0.3, -0.25) is 4.79 Å². The van der Waals surface area contributed by atoms with Crippen molar-refractivity contribution in [2.45, 2.75) is 32.2 Å². The van der Waals surface area contributed by atoms with Gasteiger partial charge in [-0.05, 0) is 26.2 Å². The Morgan fingerprint density at radius 2 is 1.94 bits per heavy atom. The molecule has 0 aromatic carbocycles. The van der Waals surface area contributed by atoms with Crippen molar-refractivity contribution in [2.24, 2.45) is 0 Å². The smallest absolute Gasteiger partial charge is 0.325 e. The van der Waals surface area contributed by atoms with Crippen LogP contribution in [-0.2, 0) is 4.79 Å². The van der Waals surface area contributed by atoms with Crippen molar-refractivity contribution in [3.05, 3.63) is 0 Å². The van der Waals surface area contributed by atoms with Crippen LogP contribution in [0.3, 0.4) is 0 Å². The molecule has 0 saturated carbocycles. The van der Waals surface area contributed by atoms with Crippen LogP contribution in [0.25, 0.3) is 0 Å². The van der Waals surface area contributed by atoms with E-state index in [0.717, 1.165) is 19.3 Å². The van der Waals surface area contributed by atoms with Crippen molar-refractivity contribution < 1.29 is 19.8 Å². The summed E-state index contributed by atoms with van der Waals surface area (Å²) in [7, 11) is 1.61. The molecular formula is C10H20N2O4. The first-order chi connectivity index (χ1) is 7.49. The number of aliphatic carboxylic acids is 1. The zero-order valence-electron chi connectivity index (χ0n) is 9.77. The highest BCUT2D eigenvalue weighted by Gasteiger charge is 2.16. The van der Waals surface area contributed by atoms with Crippen molar-refractivity contribution >= 4 is 12.0 Å². The molecule has 0 aliphatic heterocycles. The fourth-order valence-electron chi connectivity index (χ4n) is 1.10. The molecule has 6 nitrogen and oxygen atoms in total. The second-order valence-electron chi connectivity index (χ2n) is 3.72. The molecule has 6 heteroatoms. The Morgan fingerprint density at radius 3 is 2.44 bits per heavy atom. The van der Waals surface area contributed by atoms with E-state index in [1.807, 2.05) is 0 Å². The molecule has 0 saturated heterocycles. The number of carboxylic acids is 1. The van der Waals surface area contributed by atoms with Gasteiger partial charge in [0.25, 0.3) is 0 Å². The fraction of sp³-hybridized carbons (Fsp3) is 0.800. The molecule has 0 bridgehead atoms. The highest BCUT2D eigenvalue weighted by molar-refractivity contribution is 5.82. The molecule has 1 atom stereocenters. The summed E-state index contributed by atoms with van der Waals surface area (Å²) < 4.78 is 0. The van der Waals surface area contributed by atoms with Crippen molar-refractivity contribution in [2.75, 3.05) is 20.2 Å². The van der Waals surface area contributed by atoms with Crippen LogP contribution >= 0.6 is 0 Å². The highest BCUT2D eigenvalue weighted by Crippen LogP contribution is 1.97. The number of nitrogens with zero attached hydrogens (tertiary/aromatic N) is 1. The van der Waals surface area contributed by atoms with E-state index in [1.54, 1.807) is 7.05 Å². The first-order valence-corrected chi connectivity index (χ1v) is 5.34. The predicted octanol–water partition coefficient (Wildman–Crippen LogP) is 0.263. The standard InChI is InChI=1S/C10H20N2O4/c1-8(9(14)15)11-10(16)12(2)6-4-3-5-7-13/h8,13H,3-7H2,1-2H3,(H,11,16)(H,14,15). The average molecular weight is 232 g/mol. The number of amides is 2. The lowest BCUT2D eigenvalue weighted by molar-refractivity contribution is -0.138. The largest absolute Gasteiger partial charge is 0.480 e. The summed E-state index contributed by atoms with van der Waals surface area (Å²) in [5, 5.41) is 19.5. The Labute approximate surface area is 95.2 Å². The maximum atomic E-state index is 11.4. The van der Waals surface area contributed by atoms with Gasteiger partial charge in [-0.15, -0.1) is 0 Å². The number of unbranched alkanes of at least 4 members (excludes halogenated alkanes) is 2. The zero-order valence-corrected chi connectivity index (χ0v) is 9.77. The molecule has 0 spiro atoms. The Morgan fingerprint density at radius 1 is 1.31 bits per heavy atom. The van der Waals surface area contributed by atoms with E-state index >= 15 is 0 Å². The van der Waals surface area contributed by atoms with Gasteiger partial charge in [0.05, 0.1) is 0 Å². The van der Waals surface area contributed by atoms with E-state index in [0.29, 0.717) is 6.54 Å². The molecule has 16 heavy (non-hydrogen) atoms. The van der Waals surface area contributed by atoms with Crippen LogP contribution in [0, 0.1) is 0 Å². The van der Waals surface area contributed by atoms with Gasteiger partial charge >= 0.3 is 12.0 Å². The van der Waals surface area contributed by atoms with E-state index in [-0.39, 0.29) is 12.6 Å².